The van der Waals surface area contributed by atoms with Gasteiger partial charge >= 0.3 is 0 Å². The van der Waals surface area contributed by atoms with Gasteiger partial charge in [-0.2, -0.15) is 0 Å². The van der Waals surface area contributed by atoms with E-state index >= 15 is 0 Å². The van der Waals surface area contributed by atoms with Crippen LogP contribution in [0.1, 0.15) is 33.6 Å². The van der Waals surface area contributed by atoms with Gasteiger partial charge in [-0.1, -0.05) is 12.1 Å². The lowest BCUT2D eigenvalue weighted by Crippen LogP contribution is -3.14. The molecule has 0 radical (unpaired) electrons. The van der Waals surface area contributed by atoms with Crippen LogP contribution in [0.25, 0.3) is 0 Å². The fraction of sp³-hybridized carbons (Fsp3) is 0.400. The van der Waals surface area contributed by atoms with Crippen molar-refractivity contribution in [2.45, 2.75) is 12.8 Å². The van der Waals surface area contributed by atoms with Crippen molar-refractivity contribution in [2.75, 3.05) is 19.8 Å². The molecule has 0 spiro atoms. The highest BCUT2D eigenvalue weighted by molar-refractivity contribution is 6.21. The first-order chi connectivity index (χ1) is 10.1. The molecular formula is C15H16N2O4. The Morgan fingerprint density at radius 2 is 1.67 bits per heavy atom. The molecule has 0 aliphatic carbocycles. The molecule has 1 aromatic rings. The van der Waals surface area contributed by atoms with Crippen LogP contribution in [-0.4, -0.2) is 42.4 Å². The zero-order chi connectivity index (χ0) is 15.0. The van der Waals surface area contributed by atoms with E-state index < -0.39 is 11.9 Å². The van der Waals surface area contributed by atoms with Crippen LogP contribution in [-0.2, 0) is 4.79 Å². The SMILES string of the molecule is O=C([O-])C1CC[NH+](CN2C(=O)c3ccccc3C2=O)CC1. The highest BCUT2D eigenvalue weighted by Gasteiger charge is 2.38. The van der Waals surface area contributed by atoms with Crippen LogP contribution in [0.3, 0.4) is 0 Å². The standard InChI is InChI=1S/C15H16N2O4/c18-13-11-3-1-2-4-12(11)14(19)17(13)9-16-7-5-10(6-8-16)15(20)21/h1-4,10H,5-9H2,(H,20,21). The third-order valence-corrected chi connectivity index (χ3v) is 4.29. The van der Waals surface area contributed by atoms with Crippen LogP contribution < -0.4 is 10.0 Å². The van der Waals surface area contributed by atoms with Crippen LogP contribution in [0, 0.1) is 5.92 Å². The van der Waals surface area contributed by atoms with Gasteiger partial charge in [0.05, 0.1) is 24.2 Å². The van der Waals surface area contributed by atoms with E-state index in [4.69, 9.17) is 0 Å². The zero-order valence-corrected chi connectivity index (χ0v) is 11.5. The molecule has 0 atom stereocenters. The molecule has 1 aromatic carbocycles. The molecule has 3 rings (SSSR count). The zero-order valence-electron chi connectivity index (χ0n) is 11.5. The van der Waals surface area contributed by atoms with Crippen LogP contribution in [0.2, 0.25) is 0 Å². The Labute approximate surface area is 122 Å². The van der Waals surface area contributed by atoms with Crippen LogP contribution in [0.15, 0.2) is 24.3 Å². The number of carbonyl (C=O) groups excluding carboxylic acids is 3. The molecule has 1 fully saturated rings. The predicted molar refractivity (Wildman–Crippen MR) is 70.2 cm³/mol. The molecular weight excluding hydrogens is 272 g/mol. The summed E-state index contributed by atoms with van der Waals surface area (Å²) in [6.45, 7) is 1.56. The topological polar surface area (TPSA) is 81.9 Å². The number of nitrogens with zero attached hydrogens (tertiary/aromatic N) is 1. The van der Waals surface area contributed by atoms with Crippen LogP contribution in [0.4, 0.5) is 0 Å². The van der Waals surface area contributed by atoms with Gasteiger partial charge in [0.25, 0.3) is 11.8 Å². The number of piperidine rings is 1. The second kappa shape index (κ2) is 5.29. The van der Waals surface area contributed by atoms with Gasteiger partial charge in [0.1, 0.15) is 0 Å². The fourth-order valence-corrected chi connectivity index (χ4v) is 3.03. The van der Waals surface area contributed by atoms with E-state index in [0.29, 0.717) is 43.7 Å². The van der Waals surface area contributed by atoms with E-state index in [-0.39, 0.29) is 11.8 Å². The van der Waals surface area contributed by atoms with Gasteiger partial charge in [0.15, 0.2) is 6.67 Å². The number of hydrogen-bond donors (Lipinski definition) is 1. The number of rotatable bonds is 3. The van der Waals surface area contributed by atoms with Gasteiger partial charge in [-0.25, -0.2) is 4.90 Å². The molecule has 0 unspecified atom stereocenters. The molecule has 2 aliphatic heterocycles. The van der Waals surface area contributed by atoms with Gasteiger partial charge in [-0.3, -0.25) is 9.59 Å². The largest absolute Gasteiger partial charge is 0.550 e. The number of hydrogen-bond acceptors (Lipinski definition) is 4. The first kappa shape index (κ1) is 13.8. The molecule has 0 aromatic heterocycles. The second-order valence-corrected chi connectivity index (χ2v) is 5.59. The van der Waals surface area contributed by atoms with Crippen molar-refractivity contribution in [1.29, 1.82) is 0 Å². The van der Waals surface area contributed by atoms with E-state index in [0.717, 1.165) is 4.90 Å². The van der Waals surface area contributed by atoms with Crippen LogP contribution >= 0.6 is 0 Å². The summed E-state index contributed by atoms with van der Waals surface area (Å²) in [4.78, 5) is 37.6. The average Bonchev–Trinajstić information content (AvgIpc) is 2.73. The number of carboxylic acid groups (broad SMARTS) is 1. The molecule has 6 nitrogen and oxygen atoms in total. The Morgan fingerprint density at radius 1 is 1.14 bits per heavy atom. The first-order valence-corrected chi connectivity index (χ1v) is 7.07. The van der Waals surface area contributed by atoms with Crippen molar-refractivity contribution in [2.24, 2.45) is 5.92 Å². The Kier molecular flexibility index (Phi) is 3.47. The lowest BCUT2D eigenvalue weighted by atomic mass is 9.97. The lowest BCUT2D eigenvalue weighted by molar-refractivity contribution is -0.913. The van der Waals surface area contributed by atoms with Gasteiger partial charge in [0, 0.05) is 24.7 Å². The maximum atomic E-state index is 12.2. The summed E-state index contributed by atoms with van der Waals surface area (Å²) in [5.74, 6) is -1.93. The molecule has 6 heteroatoms. The number of quaternary nitrogens is 1. The number of carbonyl (C=O) groups is 3. The molecule has 21 heavy (non-hydrogen) atoms. The minimum absolute atomic E-state index is 0.259. The van der Waals surface area contributed by atoms with E-state index in [1.54, 1.807) is 24.3 Å². The first-order valence-electron chi connectivity index (χ1n) is 7.07. The lowest BCUT2D eigenvalue weighted by Gasteiger charge is -2.31. The number of aliphatic carboxylic acids is 1. The maximum absolute atomic E-state index is 12.2. The Hall–Kier alpha value is -2.21. The van der Waals surface area contributed by atoms with Crippen molar-refractivity contribution >= 4 is 17.8 Å². The smallest absolute Gasteiger partial charge is 0.265 e. The number of likely N-dealkylation sites (tertiary alicyclic amines) is 1. The summed E-state index contributed by atoms with van der Waals surface area (Å²) < 4.78 is 0. The van der Waals surface area contributed by atoms with E-state index in [1.807, 2.05) is 0 Å². The number of fused-ring (bicyclic) bond motifs is 1. The molecule has 2 heterocycles. The van der Waals surface area contributed by atoms with Gasteiger partial charge in [-0.05, 0) is 12.1 Å². The monoisotopic (exact) mass is 288 g/mol. The third kappa shape index (κ3) is 2.42. The summed E-state index contributed by atoms with van der Waals surface area (Å²) in [6.07, 6.45) is 1.06. The third-order valence-electron chi connectivity index (χ3n) is 4.29. The quantitative estimate of drug-likeness (QED) is 0.671. The number of nitrogens with one attached hydrogen (secondary N) is 1. The normalized spacial score (nSPS) is 25.0. The number of amides is 2. The highest BCUT2D eigenvalue weighted by atomic mass is 16.4. The number of benzene rings is 1. The number of imide groups is 1. The molecule has 1 N–H and O–H groups in total. The second-order valence-electron chi connectivity index (χ2n) is 5.59. The van der Waals surface area contributed by atoms with Crippen molar-refractivity contribution < 1.29 is 24.4 Å². The summed E-state index contributed by atoms with van der Waals surface area (Å²) in [6, 6.07) is 6.80. The van der Waals surface area contributed by atoms with Crippen molar-refractivity contribution in [3.8, 4) is 0 Å². The Balaban J connectivity index is 1.67. The Bertz CT molecular complexity index is 570. The minimum atomic E-state index is -1.00. The van der Waals surface area contributed by atoms with E-state index in [2.05, 4.69) is 0 Å². The van der Waals surface area contributed by atoms with Gasteiger partial charge in [-0.15, -0.1) is 0 Å². The summed E-state index contributed by atoms with van der Waals surface area (Å²) >= 11 is 0. The van der Waals surface area contributed by atoms with Crippen molar-refractivity contribution in [3.63, 3.8) is 0 Å². The summed E-state index contributed by atoms with van der Waals surface area (Å²) in [5.41, 5.74) is 0.901. The fourth-order valence-electron chi connectivity index (χ4n) is 3.03. The molecule has 2 amide bonds. The molecule has 0 bridgehead atoms. The highest BCUT2D eigenvalue weighted by Crippen LogP contribution is 2.21. The van der Waals surface area contributed by atoms with E-state index in [1.165, 1.54) is 4.90 Å². The molecule has 2 aliphatic rings. The maximum Gasteiger partial charge on any atom is 0.265 e. The predicted octanol–water partition coefficient (Wildman–Crippen LogP) is -1.72. The molecule has 0 saturated carbocycles. The van der Waals surface area contributed by atoms with Crippen molar-refractivity contribution in [3.05, 3.63) is 35.4 Å². The van der Waals surface area contributed by atoms with Crippen LogP contribution in [0.5, 0.6) is 0 Å². The minimum Gasteiger partial charge on any atom is -0.550 e. The van der Waals surface area contributed by atoms with E-state index in [9.17, 15) is 19.5 Å². The Morgan fingerprint density at radius 3 is 2.14 bits per heavy atom. The van der Waals surface area contributed by atoms with Gasteiger partial charge in [0.2, 0.25) is 0 Å². The summed E-state index contributed by atoms with van der Waals surface area (Å²) in [5, 5.41) is 10.8. The number of carboxylic acids is 1. The molecule has 110 valence electrons. The summed E-state index contributed by atoms with van der Waals surface area (Å²) in [7, 11) is 0. The molecule has 1 saturated heterocycles. The van der Waals surface area contributed by atoms with Gasteiger partial charge < -0.3 is 14.8 Å². The van der Waals surface area contributed by atoms with Crippen molar-refractivity contribution in [1.82, 2.24) is 4.90 Å². The average molecular weight is 288 g/mol.